The van der Waals surface area contributed by atoms with Crippen LogP contribution in [0.2, 0.25) is 0 Å². The van der Waals surface area contributed by atoms with E-state index in [0.717, 1.165) is 11.1 Å². The molecule has 0 aliphatic carbocycles. The zero-order chi connectivity index (χ0) is 13.0. The molecule has 3 nitrogen and oxygen atoms in total. The number of aliphatic hydroxyl groups is 1. The van der Waals surface area contributed by atoms with Crippen LogP contribution in [0.1, 0.15) is 50.7 Å². The predicted molar refractivity (Wildman–Crippen MR) is 67.3 cm³/mol. The molecule has 0 aliphatic rings. The smallest absolute Gasteiger partial charge is 0.308 e. The molecule has 0 heterocycles. The number of carbonyl (C=O) groups is 1. The molecule has 0 fully saturated rings. The van der Waals surface area contributed by atoms with Crippen molar-refractivity contribution in [1.29, 1.82) is 0 Å². The quantitative estimate of drug-likeness (QED) is 0.646. The zero-order valence-electron chi connectivity index (χ0n) is 10.9. The van der Waals surface area contributed by atoms with Crippen LogP contribution >= 0.6 is 0 Å². The molecular formula is C14H20O3. The maximum absolute atomic E-state index is 11.0. The minimum Gasteiger partial charge on any atom is -0.427 e. The van der Waals surface area contributed by atoms with Crippen LogP contribution in [0.15, 0.2) is 18.2 Å². The van der Waals surface area contributed by atoms with E-state index >= 15 is 0 Å². The highest BCUT2D eigenvalue weighted by Gasteiger charge is 2.11. The van der Waals surface area contributed by atoms with Gasteiger partial charge in [-0.1, -0.05) is 26.8 Å². The number of rotatable bonds is 4. The standard InChI is InChI=1S/C14H20O3/c1-9(2)12-5-13(10(3)8-15)7-14(6-12)17-11(4)16/h5-7,9-10,15H,8H2,1-4H3. The lowest BCUT2D eigenvalue weighted by molar-refractivity contribution is -0.131. The van der Waals surface area contributed by atoms with Crippen LogP contribution in [-0.2, 0) is 4.79 Å². The second kappa shape index (κ2) is 5.82. The van der Waals surface area contributed by atoms with E-state index in [1.54, 1.807) is 0 Å². The first kappa shape index (κ1) is 13.7. The van der Waals surface area contributed by atoms with Gasteiger partial charge < -0.3 is 9.84 Å². The summed E-state index contributed by atoms with van der Waals surface area (Å²) in [5, 5.41) is 9.18. The van der Waals surface area contributed by atoms with E-state index in [2.05, 4.69) is 19.9 Å². The van der Waals surface area contributed by atoms with Crippen LogP contribution in [0.5, 0.6) is 5.75 Å². The molecule has 0 saturated heterocycles. The van der Waals surface area contributed by atoms with E-state index in [9.17, 15) is 9.90 Å². The summed E-state index contributed by atoms with van der Waals surface area (Å²) in [6, 6.07) is 5.74. The number of hydrogen-bond donors (Lipinski definition) is 1. The van der Waals surface area contributed by atoms with Gasteiger partial charge in [0, 0.05) is 19.4 Å². The van der Waals surface area contributed by atoms with Crippen molar-refractivity contribution in [3.63, 3.8) is 0 Å². The highest BCUT2D eigenvalue weighted by atomic mass is 16.5. The Morgan fingerprint density at radius 3 is 2.29 bits per heavy atom. The van der Waals surface area contributed by atoms with Gasteiger partial charge in [-0.25, -0.2) is 0 Å². The summed E-state index contributed by atoms with van der Waals surface area (Å²) in [5.41, 5.74) is 2.11. The van der Waals surface area contributed by atoms with Crippen LogP contribution in [-0.4, -0.2) is 17.7 Å². The van der Waals surface area contributed by atoms with Gasteiger partial charge >= 0.3 is 5.97 Å². The molecule has 1 atom stereocenters. The van der Waals surface area contributed by atoms with E-state index in [1.165, 1.54) is 6.92 Å². The third-order valence-electron chi connectivity index (χ3n) is 2.72. The SMILES string of the molecule is CC(=O)Oc1cc(C(C)C)cc(C(C)CO)c1. The summed E-state index contributed by atoms with van der Waals surface area (Å²) in [5.74, 6) is 0.630. The molecule has 0 radical (unpaired) electrons. The van der Waals surface area contributed by atoms with Crippen molar-refractivity contribution in [1.82, 2.24) is 0 Å². The van der Waals surface area contributed by atoms with Gasteiger partial charge in [0.15, 0.2) is 0 Å². The summed E-state index contributed by atoms with van der Waals surface area (Å²) in [4.78, 5) is 11.0. The van der Waals surface area contributed by atoms with E-state index in [0.29, 0.717) is 11.7 Å². The maximum atomic E-state index is 11.0. The van der Waals surface area contributed by atoms with Gasteiger partial charge in [-0.3, -0.25) is 4.79 Å². The lowest BCUT2D eigenvalue weighted by Gasteiger charge is -2.15. The number of ether oxygens (including phenoxy) is 1. The predicted octanol–water partition coefficient (Wildman–Crippen LogP) is 2.83. The van der Waals surface area contributed by atoms with Gasteiger partial charge in [0.1, 0.15) is 5.75 Å². The summed E-state index contributed by atoms with van der Waals surface area (Å²) >= 11 is 0. The third-order valence-corrected chi connectivity index (χ3v) is 2.72. The Morgan fingerprint density at radius 2 is 1.82 bits per heavy atom. The number of aliphatic hydroxyl groups excluding tert-OH is 1. The highest BCUT2D eigenvalue weighted by molar-refractivity contribution is 5.69. The lowest BCUT2D eigenvalue weighted by Crippen LogP contribution is -2.05. The van der Waals surface area contributed by atoms with Gasteiger partial charge in [0.2, 0.25) is 0 Å². The minimum atomic E-state index is -0.325. The molecule has 94 valence electrons. The molecule has 1 aromatic rings. The Balaban J connectivity index is 3.13. The van der Waals surface area contributed by atoms with E-state index in [1.807, 2.05) is 19.1 Å². The van der Waals surface area contributed by atoms with Crippen molar-refractivity contribution < 1.29 is 14.6 Å². The minimum absolute atomic E-state index is 0.0445. The Morgan fingerprint density at radius 1 is 1.24 bits per heavy atom. The van der Waals surface area contributed by atoms with E-state index < -0.39 is 0 Å². The van der Waals surface area contributed by atoms with Crippen LogP contribution < -0.4 is 4.74 Å². The number of carbonyl (C=O) groups excluding carboxylic acids is 1. The maximum Gasteiger partial charge on any atom is 0.308 e. The monoisotopic (exact) mass is 236 g/mol. The largest absolute Gasteiger partial charge is 0.427 e. The molecule has 17 heavy (non-hydrogen) atoms. The Bertz CT molecular complexity index is 396. The Labute approximate surface area is 102 Å². The second-order valence-corrected chi connectivity index (χ2v) is 4.67. The average Bonchev–Trinajstić information content (AvgIpc) is 2.26. The van der Waals surface area contributed by atoms with Crippen molar-refractivity contribution in [2.75, 3.05) is 6.61 Å². The second-order valence-electron chi connectivity index (χ2n) is 4.67. The van der Waals surface area contributed by atoms with Gasteiger partial charge in [-0.15, -0.1) is 0 Å². The summed E-state index contributed by atoms with van der Waals surface area (Å²) < 4.78 is 5.12. The molecule has 0 spiro atoms. The first-order valence-corrected chi connectivity index (χ1v) is 5.88. The molecule has 0 amide bonds. The van der Waals surface area contributed by atoms with Crippen LogP contribution in [0, 0.1) is 0 Å². The molecule has 1 unspecified atom stereocenters. The van der Waals surface area contributed by atoms with Crippen LogP contribution in [0.3, 0.4) is 0 Å². The molecule has 1 N–H and O–H groups in total. The lowest BCUT2D eigenvalue weighted by atomic mass is 9.95. The van der Waals surface area contributed by atoms with E-state index in [-0.39, 0.29) is 18.5 Å². The fourth-order valence-electron chi connectivity index (χ4n) is 1.59. The summed E-state index contributed by atoms with van der Waals surface area (Å²) in [6.45, 7) is 7.58. The Kier molecular flexibility index (Phi) is 4.70. The van der Waals surface area contributed by atoms with Crippen molar-refractivity contribution in [3.8, 4) is 5.75 Å². The third kappa shape index (κ3) is 3.86. The number of benzene rings is 1. The van der Waals surface area contributed by atoms with E-state index in [4.69, 9.17) is 4.74 Å². The van der Waals surface area contributed by atoms with Crippen molar-refractivity contribution in [2.45, 2.75) is 39.5 Å². The fourth-order valence-corrected chi connectivity index (χ4v) is 1.59. The molecule has 0 saturated carbocycles. The molecule has 0 bridgehead atoms. The molecule has 1 rings (SSSR count). The summed E-state index contributed by atoms with van der Waals surface area (Å²) in [7, 11) is 0. The topological polar surface area (TPSA) is 46.5 Å². The van der Waals surface area contributed by atoms with Crippen molar-refractivity contribution in [3.05, 3.63) is 29.3 Å². The van der Waals surface area contributed by atoms with Crippen molar-refractivity contribution >= 4 is 5.97 Å². The Hall–Kier alpha value is -1.35. The molecular weight excluding hydrogens is 216 g/mol. The first-order valence-electron chi connectivity index (χ1n) is 5.88. The zero-order valence-corrected chi connectivity index (χ0v) is 10.9. The highest BCUT2D eigenvalue weighted by Crippen LogP contribution is 2.27. The molecule has 3 heteroatoms. The van der Waals surface area contributed by atoms with Gasteiger partial charge in [-0.05, 0) is 29.2 Å². The molecule has 1 aromatic carbocycles. The normalized spacial score (nSPS) is 12.6. The van der Waals surface area contributed by atoms with Gasteiger partial charge in [0.05, 0.1) is 0 Å². The average molecular weight is 236 g/mol. The molecule has 0 aliphatic heterocycles. The number of hydrogen-bond acceptors (Lipinski definition) is 3. The number of esters is 1. The fraction of sp³-hybridized carbons (Fsp3) is 0.500. The van der Waals surface area contributed by atoms with Crippen LogP contribution in [0.4, 0.5) is 0 Å². The van der Waals surface area contributed by atoms with Crippen molar-refractivity contribution in [2.24, 2.45) is 0 Å². The van der Waals surface area contributed by atoms with Gasteiger partial charge in [-0.2, -0.15) is 0 Å². The van der Waals surface area contributed by atoms with Crippen LogP contribution in [0.25, 0.3) is 0 Å². The first-order chi connectivity index (χ1) is 7.93. The summed E-state index contributed by atoms with van der Waals surface area (Å²) in [6.07, 6.45) is 0. The molecule has 0 aromatic heterocycles. The van der Waals surface area contributed by atoms with Gasteiger partial charge in [0.25, 0.3) is 0 Å².